The molecular formula is C14H17NO3. The average Bonchev–Trinajstić information content (AvgIpc) is 2.74. The molecule has 0 aromatic heterocycles. The smallest absolute Gasteiger partial charge is 0.328 e. The van der Waals surface area contributed by atoms with Gasteiger partial charge in [-0.1, -0.05) is 12.1 Å². The minimum Gasteiger partial charge on any atom is -0.489 e. The molecule has 0 saturated carbocycles. The second kappa shape index (κ2) is 5.69. The number of nitrogens with zero attached hydrogens (tertiary/aromatic N) is 1. The molecule has 1 aliphatic rings. The molecule has 4 heteroatoms. The van der Waals surface area contributed by atoms with Crippen molar-refractivity contribution in [3.05, 3.63) is 35.9 Å². The number of hydrogen-bond acceptors (Lipinski definition) is 3. The first-order valence-corrected chi connectivity index (χ1v) is 6.00. The predicted molar refractivity (Wildman–Crippen MR) is 69.6 cm³/mol. The van der Waals surface area contributed by atoms with Crippen molar-refractivity contribution >= 4 is 12.0 Å². The highest BCUT2D eigenvalue weighted by molar-refractivity contribution is 5.85. The third kappa shape index (κ3) is 3.60. The Morgan fingerprint density at radius 2 is 2.17 bits per heavy atom. The average molecular weight is 247 g/mol. The fraction of sp³-hybridized carbons (Fsp3) is 0.357. The molecule has 1 saturated heterocycles. The first kappa shape index (κ1) is 12.6. The molecule has 1 unspecified atom stereocenters. The maximum atomic E-state index is 10.4. The number of rotatable bonds is 4. The van der Waals surface area contributed by atoms with Crippen molar-refractivity contribution in [2.24, 2.45) is 0 Å². The Hall–Kier alpha value is -1.81. The molecular weight excluding hydrogens is 230 g/mol. The molecule has 18 heavy (non-hydrogen) atoms. The van der Waals surface area contributed by atoms with Gasteiger partial charge in [0.25, 0.3) is 0 Å². The van der Waals surface area contributed by atoms with Crippen LogP contribution in [0.2, 0.25) is 0 Å². The molecule has 1 atom stereocenters. The summed E-state index contributed by atoms with van der Waals surface area (Å²) in [6, 6.07) is 7.46. The number of carbonyl (C=O) groups is 1. The van der Waals surface area contributed by atoms with Gasteiger partial charge in [-0.25, -0.2) is 4.79 Å². The number of carboxylic acid groups (broad SMARTS) is 1. The lowest BCUT2D eigenvalue weighted by Crippen LogP contribution is -2.21. The van der Waals surface area contributed by atoms with E-state index in [1.54, 1.807) is 6.08 Å². The lowest BCUT2D eigenvalue weighted by Gasteiger charge is -2.13. The van der Waals surface area contributed by atoms with E-state index in [1.165, 1.54) is 0 Å². The molecule has 1 aliphatic heterocycles. The van der Waals surface area contributed by atoms with Gasteiger partial charge in [-0.15, -0.1) is 0 Å². The minimum atomic E-state index is -0.940. The molecule has 96 valence electrons. The number of aliphatic carboxylic acids is 1. The Morgan fingerprint density at radius 1 is 1.44 bits per heavy atom. The zero-order chi connectivity index (χ0) is 13.0. The molecule has 1 aromatic carbocycles. The molecule has 1 aromatic rings. The van der Waals surface area contributed by atoms with Crippen LogP contribution >= 0.6 is 0 Å². The van der Waals surface area contributed by atoms with E-state index in [0.717, 1.165) is 36.9 Å². The van der Waals surface area contributed by atoms with E-state index >= 15 is 0 Å². The summed E-state index contributed by atoms with van der Waals surface area (Å²) in [7, 11) is 2.09. The third-order valence-corrected chi connectivity index (χ3v) is 2.95. The van der Waals surface area contributed by atoms with Crippen LogP contribution in [0.1, 0.15) is 12.0 Å². The Balaban J connectivity index is 1.93. The van der Waals surface area contributed by atoms with Crippen LogP contribution in [0, 0.1) is 0 Å². The van der Waals surface area contributed by atoms with Crippen molar-refractivity contribution < 1.29 is 14.6 Å². The van der Waals surface area contributed by atoms with Crippen molar-refractivity contribution in [1.29, 1.82) is 0 Å². The topological polar surface area (TPSA) is 49.8 Å². The number of carboxylic acids is 1. The standard InChI is InChI=1S/C14H17NO3/c1-15-9-8-13(10-15)18-12-5-2-11(3-6-12)4-7-14(16)17/h2-7,13H,8-10H2,1H3,(H,16,17)/b7-4+. The van der Waals surface area contributed by atoms with Crippen LogP contribution in [0.15, 0.2) is 30.3 Å². The Labute approximate surface area is 106 Å². The molecule has 0 bridgehead atoms. The van der Waals surface area contributed by atoms with E-state index in [4.69, 9.17) is 9.84 Å². The number of hydrogen-bond donors (Lipinski definition) is 1. The van der Waals surface area contributed by atoms with E-state index in [2.05, 4.69) is 11.9 Å². The summed E-state index contributed by atoms with van der Waals surface area (Å²) in [5, 5.41) is 8.53. The van der Waals surface area contributed by atoms with Crippen LogP contribution < -0.4 is 4.74 Å². The van der Waals surface area contributed by atoms with E-state index < -0.39 is 5.97 Å². The first-order chi connectivity index (χ1) is 8.63. The van der Waals surface area contributed by atoms with Gasteiger partial charge in [-0.3, -0.25) is 0 Å². The molecule has 4 nitrogen and oxygen atoms in total. The second-order valence-corrected chi connectivity index (χ2v) is 4.53. The van der Waals surface area contributed by atoms with Gasteiger partial charge in [0.15, 0.2) is 0 Å². The SMILES string of the molecule is CN1CCC(Oc2ccc(/C=C/C(=O)O)cc2)C1. The fourth-order valence-corrected chi connectivity index (χ4v) is 2.01. The maximum absolute atomic E-state index is 10.4. The molecule has 0 spiro atoms. The van der Waals surface area contributed by atoms with Gasteiger partial charge >= 0.3 is 5.97 Å². The third-order valence-electron chi connectivity index (χ3n) is 2.95. The molecule has 0 amide bonds. The van der Waals surface area contributed by atoms with Gasteiger partial charge in [0, 0.05) is 19.2 Å². The Bertz CT molecular complexity index is 439. The molecule has 0 aliphatic carbocycles. The van der Waals surface area contributed by atoms with Crippen LogP contribution in [-0.2, 0) is 4.79 Å². The van der Waals surface area contributed by atoms with Crippen molar-refractivity contribution in [2.45, 2.75) is 12.5 Å². The van der Waals surface area contributed by atoms with Gasteiger partial charge < -0.3 is 14.7 Å². The molecule has 0 radical (unpaired) electrons. The number of ether oxygens (including phenoxy) is 1. The van der Waals surface area contributed by atoms with E-state index in [9.17, 15) is 4.79 Å². The second-order valence-electron chi connectivity index (χ2n) is 4.53. The maximum Gasteiger partial charge on any atom is 0.328 e. The zero-order valence-electron chi connectivity index (χ0n) is 10.4. The van der Waals surface area contributed by atoms with Crippen LogP contribution in [0.5, 0.6) is 5.75 Å². The van der Waals surface area contributed by atoms with Gasteiger partial charge in [0.05, 0.1) is 0 Å². The first-order valence-electron chi connectivity index (χ1n) is 6.00. The van der Waals surface area contributed by atoms with Crippen molar-refractivity contribution in [3.63, 3.8) is 0 Å². The summed E-state index contributed by atoms with van der Waals surface area (Å²) < 4.78 is 5.84. The highest BCUT2D eigenvalue weighted by Crippen LogP contribution is 2.18. The van der Waals surface area contributed by atoms with Gasteiger partial charge in [0.1, 0.15) is 11.9 Å². The van der Waals surface area contributed by atoms with Crippen molar-refractivity contribution in [3.8, 4) is 5.75 Å². The molecule has 2 rings (SSSR count). The fourth-order valence-electron chi connectivity index (χ4n) is 2.01. The van der Waals surface area contributed by atoms with Crippen LogP contribution in [0.4, 0.5) is 0 Å². The lowest BCUT2D eigenvalue weighted by atomic mass is 10.2. The Morgan fingerprint density at radius 3 is 2.72 bits per heavy atom. The quantitative estimate of drug-likeness (QED) is 0.825. The normalized spacial score (nSPS) is 20.4. The number of benzene rings is 1. The summed E-state index contributed by atoms with van der Waals surface area (Å²) in [5.41, 5.74) is 0.855. The van der Waals surface area contributed by atoms with Crippen LogP contribution in [-0.4, -0.2) is 42.2 Å². The summed E-state index contributed by atoms with van der Waals surface area (Å²) >= 11 is 0. The predicted octanol–water partition coefficient (Wildman–Crippen LogP) is 1.87. The highest BCUT2D eigenvalue weighted by atomic mass is 16.5. The lowest BCUT2D eigenvalue weighted by molar-refractivity contribution is -0.131. The van der Waals surface area contributed by atoms with Crippen molar-refractivity contribution in [1.82, 2.24) is 4.90 Å². The van der Waals surface area contributed by atoms with Gasteiger partial charge in [0.2, 0.25) is 0 Å². The van der Waals surface area contributed by atoms with Gasteiger partial charge in [-0.05, 0) is 37.2 Å². The monoisotopic (exact) mass is 247 g/mol. The van der Waals surface area contributed by atoms with Crippen LogP contribution in [0.3, 0.4) is 0 Å². The molecule has 1 N–H and O–H groups in total. The Kier molecular flexibility index (Phi) is 3.99. The summed E-state index contributed by atoms with van der Waals surface area (Å²) in [6.45, 7) is 2.03. The van der Waals surface area contributed by atoms with E-state index in [1.807, 2.05) is 24.3 Å². The van der Waals surface area contributed by atoms with E-state index in [-0.39, 0.29) is 6.10 Å². The zero-order valence-corrected chi connectivity index (χ0v) is 10.4. The minimum absolute atomic E-state index is 0.260. The van der Waals surface area contributed by atoms with Crippen molar-refractivity contribution in [2.75, 3.05) is 20.1 Å². The molecule has 1 heterocycles. The largest absolute Gasteiger partial charge is 0.489 e. The van der Waals surface area contributed by atoms with E-state index in [0.29, 0.717) is 0 Å². The highest BCUT2D eigenvalue weighted by Gasteiger charge is 2.20. The summed E-state index contributed by atoms with van der Waals surface area (Å²) in [6.07, 6.45) is 4.00. The number of likely N-dealkylation sites (tertiary alicyclic amines) is 1. The van der Waals surface area contributed by atoms with Gasteiger partial charge in [-0.2, -0.15) is 0 Å². The molecule has 1 fully saturated rings. The van der Waals surface area contributed by atoms with Crippen LogP contribution in [0.25, 0.3) is 6.08 Å². The summed E-state index contributed by atoms with van der Waals surface area (Å²) in [4.78, 5) is 12.6. The number of likely N-dealkylation sites (N-methyl/N-ethyl adjacent to an activating group) is 1. The summed E-state index contributed by atoms with van der Waals surface area (Å²) in [5.74, 6) is -0.105.